The zero-order chi connectivity index (χ0) is 27.8. The quantitative estimate of drug-likeness (QED) is 0.217. The second-order valence-corrected chi connectivity index (χ2v) is 9.77. The van der Waals surface area contributed by atoms with E-state index in [1.807, 2.05) is 0 Å². The Hall–Kier alpha value is -3.23. The number of benzene rings is 1. The van der Waals surface area contributed by atoms with Crippen molar-refractivity contribution in [2.24, 2.45) is 0 Å². The molecule has 2 aromatic rings. The molecule has 1 aromatic heterocycles. The van der Waals surface area contributed by atoms with Gasteiger partial charge in [-0.3, -0.25) is 19.0 Å². The van der Waals surface area contributed by atoms with Crippen LogP contribution in [0.25, 0.3) is 10.9 Å². The van der Waals surface area contributed by atoms with Crippen LogP contribution in [0.3, 0.4) is 0 Å². The van der Waals surface area contributed by atoms with Crippen molar-refractivity contribution in [3.05, 3.63) is 40.4 Å². The van der Waals surface area contributed by atoms with E-state index in [0.29, 0.717) is 18.5 Å². The molecule has 0 aliphatic carbocycles. The maximum atomic E-state index is 13.2. The van der Waals surface area contributed by atoms with Crippen molar-refractivity contribution in [2.45, 2.75) is 103 Å². The molecule has 1 heterocycles. The van der Waals surface area contributed by atoms with Gasteiger partial charge in [-0.15, -0.1) is 0 Å². The van der Waals surface area contributed by atoms with Gasteiger partial charge in [0, 0.05) is 13.0 Å². The van der Waals surface area contributed by atoms with Gasteiger partial charge in [0.15, 0.2) is 0 Å². The minimum atomic E-state index is -0.918. The van der Waals surface area contributed by atoms with E-state index in [9.17, 15) is 19.2 Å². The number of unbranched alkanes of at least 4 members (excludes halogenated alkanes) is 9. The first-order valence-corrected chi connectivity index (χ1v) is 14.1. The number of carbonyl (C=O) groups is 3. The molecule has 0 aliphatic rings. The molecule has 9 nitrogen and oxygen atoms in total. The third-order valence-electron chi connectivity index (χ3n) is 6.61. The topological polar surface area (TPSA) is 119 Å². The Morgan fingerprint density at radius 3 is 2.29 bits per heavy atom. The molecule has 9 heteroatoms. The molecule has 210 valence electrons. The summed E-state index contributed by atoms with van der Waals surface area (Å²) in [6.45, 7) is 4.76. The standard InChI is InChI=1S/C29H44N4O5/c1-4-6-8-10-11-12-13-15-26(34)32-25(27(35)30-18-14-9-7-5-2)20-33-21-31-24-17-16-22(29(37)38-3)19-23(24)28(33)36/h16-17,19,21,25H,4-15,18,20H2,1-3H3,(H,30,35)(H,32,34). The molecule has 0 saturated carbocycles. The monoisotopic (exact) mass is 528 g/mol. The largest absolute Gasteiger partial charge is 0.465 e. The molecular weight excluding hydrogens is 484 g/mol. The molecule has 0 aliphatic heterocycles. The second kappa shape index (κ2) is 17.3. The molecule has 0 saturated heterocycles. The first-order valence-electron chi connectivity index (χ1n) is 14.1. The number of carbonyl (C=O) groups excluding carboxylic acids is 3. The summed E-state index contributed by atoms with van der Waals surface area (Å²) in [5, 5.41) is 5.97. The maximum absolute atomic E-state index is 13.2. The van der Waals surface area contributed by atoms with Crippen molar-refractivity contribution in [1.82, 2.24) is 20.2 Å². The van der Waals surface area contributed by atoms with E-state index >= 15 is 0 Å². The molecule has 2 amide bonds. The van der Waals surface area contributed by atoms with Crippen LogP contribution in [0.15, 0.2) is 29.3 Å². The lowest BCUT2D eigenvalue weighted by Gasteiger charge is -2.20. The highest BCUT2D eigenvalue weighted by Gasteiger charge is 2.22. The number of hydrogen-bond donors (Lipinski definition) is 2. The number of amides is 2. The van der Waals surface area contributed by atoms with E-state index in [-0.39, 0.29) is 29.3 Å². The van der Waals surface area contributed by atoms with Gasteiger partial charge in [-0.1, -0.05) is 71.6 Å². The molecule has 1 atom stereocenters. The van der Waals surface area contributed by atoms with Gasteiger partial charge < -0.3 is 15.4 Å². The zero-order valence-corrected chi connectivity index (χ0v) is 23.2. The van der Waals surface area contributed by atoms with Crippen LogP contribution in [0, 0.1) is 0 Å². The van der Waals surface area contributed by atoms with Crippen molar-refractivity contribution in [2.75, 3.05) is 13.7 Å². The lowest BCUT2D eigenvalue weighted by molar-refractivity contribution is -0.129. The Bertz CT molecular complexity index is 1100. The third-order valence-corrected chi connectivity index (χ3v) is 6.61. The lowest BCUT2D eigenvalue weighted by atomic mass is 10.1. The van der Waals surface area contributed by atoms with Crippen molar-refractivity contribution < 1.29 is 19.1 Å². The van der Waals surface area contributed by atoms with E-state index in [0.717, 1.165) is 44.9 Å². The van der Waals surface area contributed by atoms with Crippen LogP contribution < -0.4 is 16.2 Å². The minimum Gasteiger partial charge on any atom is -0.465 e. The molecule has 0 radical (unpaired) electrons. The van der Waals surface area contributed by atoms with Gasteiger partial charge in [-0.25, -0.2) is 9.78 Å². The highest BCUT2D eigenvalue weighted by Crippen LogP contribution is 2.12. The highest BCUT2D eigenvalue weighted by molar-refractivity contribution is 5.94. The summed E-state index contributed by atoms with van der Waals surface area (Å²) in [4.78, 5) is 55.2. The first-order chi connectivity index (χ1) is 18.4. The third kappa shape index (κ3) is 10.3. The first kappa shape index (κ1) is 31.0. The van der Waals surface area contributed by atoms with Gasteiger partial charge in [0.1, 0.15) is 6.04 Å². The predicted octanol–water partition coefficient (Wildman–Crippen LogP) is 4.51. The highest BCUT2D eigenvalue weighted by atomic mass is 16.5. The summed E-state index contributed by atoms with van der Waals surface area (Å²) < 4.78 is 6.06. The number of rotatable bonds is 18. The van der Waals surface area contributed by atoms with E-state index in [4.69, 9.17) is 4.74 Å². The SMILES string of the molecule is CCCCCCCCCC(=O)NC(Cn1cnc2ccc(C(=O)OC)cc2c1=O)C(=O)NCCCCCC. The van der Waals surface area contributed by atoms with Crippen LogP contribution >= 0.6 is 0 Å². The fraction of sp³-hybridized carbons (Fsp3) is 0.621. The molecule has 38 heavy (non-hydrogen) atoms. The molecule has 0 fully saturated rings. The van der Waals surface area contributed by atoms with E-state index in [1.165, 1.54) is 49.8 Å². The fourth-order valence-electron chi connectivity index (χ4n) is 4.32. The average molecular weight is 529 g/mol. The number of ether oxygens (including phenoxy) is 1. The molecule has 0 bridgehead atoms. The average Bonchev–Trinajstić information content (AvgIpc) is 2.92. The molecule has 2 N–H and O–H groups in total. The number of esters is 1. The summed E-state index contributed by atoms with van der Waals surface area (Å²) in [6.07, 6.45) is 13.4. The normalized spacial score (nSPS) is 11.8. The number of nitrogens with one attached hydrogen (secondary N) is 2. The van der Waals surface area contributed by atoms with Crippen molar-refractivity contribution in [3.63, 3.8) is 0 Å². The van der Waals surface area contributed by atoms with Crippen molar-refractivity contribution in [1.29, 1.82) is 0 Å². The number of methoxy groups -OCH3 is 1. The Kier molecular flexibility index (Phi) is 14.1. The van der Waals surface area contributed by atoms with Gasteiger partial charge in [-0.2, -0.15) is 0 Å². The van der Waals surface area contributed by atoms with Gasteiger partial charge in [-0.05, 0) is 31.0 Å². The number of nitrogens with zero attached hydrogens (tertiary/aromatic N) is 2. The van der Waals surface area contributed by atoms with Gasteiger partial charge in [0.25, 0.3) is 5.56 Å². The minimum absolute atomic E-state index is 0.0617. The number of hydrogen-bond acceptors (Lipinski definition) is 6. The van der Waals surface area contributed by atoms with Gasteiger partial charge >= 0.3 is 5.97 Å². The summed E-state index contributed by atoms with van der Waals surface area (Å²) in [7, 11) is 1.27. The predicted molar refractivity (Wildman–Crippen MR) is 149 cm³/mol. The molecule has 1 aromatic carbocycles. The van der Waals surface area contributed by atoms with Crippen LogP contribution in [0.2, 0.25) is 0 Å². The molecular formula is C29H44N4O5. The van der Waals surface area contributed by atoms with E-state index in [2.05, 4.69) is 29.5 Å². The van der Waals surface area contributed by atoms with Crippen molar-refractivity contribution >= 4 is 28.7 Å². The Labute approximate surface area is 225 Å². The van der Waals surface area contributed by atoms with E-state index in [1.54, 1.807) is 12.1 Å². The molecule has 2 rings (SSSR count). The van der Waals surface area contributed by atoms with Crippen LogP contribution in [-0.4, -0.2) is 47.0 Å². The number of fused-ring (bicyclic) bond motifs is 1. The Balaban J connectivity index is 2.10. The summed E-state index contributed by atoms with van der Waals surface area (Å²) >= 11 is 0. The Morgan fingerprint density at radius 1 is 0.947 bits per heavy atom. The number of aromatic nitrogens is 2. The lowest BCUT2D eigenvalue weighted by Crippen LogP contribution is -2.50. The van der Waals surface area contributed by atoms with Crippen molar-refractivity contribution in [3.8, 4) is 0 Å². The smallest absolute Gasteiger partial charge is 0.337 e. The zero-order valence-electron chi connectivity index (χ0n) is 23.2. The van der Waals surface area contributed by atoms with Crippen LogP contribution in [0.4, 0.5) is 0 Å². The second-order valence-electron chi connectivity index (χ2n) is 9.77. The van der Waals surface area contributed by atoms with Gasteiger partial charge in [0.05, 0.1) is 36.4 Å². The molecule has 1 unspecified atom stereocenters. The summed E-state index contributed by atoms with van der Waals surface area (Å²) in [6, 6.07) is 3.65. The maximum Gasteiger partial charge on any atom is 0.337 e. The van der Waals surface area contributed by atoms with Gasteiger partial charge in [0.2, 0.25) is 11.8 Å². The summed E-state index contributed by atoms with van der Waals surface area (Å²) in [5.74, 6) is -1.09. The summed E-state index contributed by atoms with van der Waals surface area (Å²) in [5.41, 5.74) is 0.266. The van der Waals surface area contributed by atoms with Crippen LogP contribution in [0.5, 0.6) is 0 Å². The van der Waals surface area contributed by atoms with E-state index < -0.39 is 17.6 Å². The van der Waals surface area contributed by atoms with Crippen LogP contribution in [-0.2, 0) is 20.9 Å². The van der Waals surface area contributed by atoms with Crippen LogP contribution in [0.1, 0.15) is 101 Å². The fourth-order valence-corrected chi connectivity index (χ4v) is 4.32. The Morgan fingerprint density at radius 2 is 1.61 bits per heavy atom. The molecule has 0 spiro atoms.